The monoisotopic (exact) mass is 263 g/mol. The van der Waals surface area contributed by atoms with Crippen molar-refractivity contribution in [1.29, 1.82) is 0 Å². The molecular weight excluding hydrogens is 246 g/mol. The molecule has 1 aromatic heterocycles. The molecule has 2 aromatic rings. The molecule has 0 aliphatic rings. The van der Waals surface area contributed by atoms with Crippen molar-refractivity contribution in [1.82, 2.24) is 9.78 Å². The number of hydrogen-bond donors (Lipinski definition) is 1. The fourth-order valence-corrected chi connectivity index (χ4v) is 2.22. The summed E-state index contributed by atoms with van der Waals surface area (Å²) in [5.74, 6) is 0. The Morgan fingerprint density at radius 3 is 2.56 bits per heavy atom. The number of nitrogens with two attached hydrogens (primary N) is 1. The summed E-state index contributed by atoms with van der Waals surface area (Å²) in [5, 5.41) is 5.23. The average molecular weight is 264 g/mol. The van der Waals surface area contributed by atoms with E-state index < -0.39 is 0 Å². The minimum absolute atomic E-state index is 0.347. The van der Waals surface area contributed by atoms with Crippen LogP contribution in [0.15, 0.2) is 24.4 Å². The maximum absolute atomic E-state index is 6.31. The molecule has 96 valence electrons. The van der Waals surface area contributed by atoms with Crippen LogP contribution in [-0.2, 0) is 6.54 Å². The van der Waals surface area contributed by atoms with Gasteiger partial charge in [0.1, 0.15) is 0 Å². The van der Waals surface area contributed by atoms with Crippen molar-refractivity contribution < 1.29 is 0 Å². The van der Waals surface area contributed by atoms with Gasteiger partial charge >= 0.3 is 0 Å². The van der Waals surface area contributed by atoms with Crippen molar-refractivity contribution in [3.63, 3.8) is 0 Å². The van der Waals surface area contributed by atoms with E-state index in [2.05, 4.69) is 18.9 Å². The van der Waals surface area contributed by atoms with Gasteiger partial charge in [-0.3, -0.25) is 4.68 Å². The van der Waals surface area contributed by atoms with Crippen LogP contribution in [-0.4, -0.2) is 9.78 Å². The van der Waals surface area contributed by atoms with Crippen molar-refractivity contribution in [3.8, 4) is 11.1 Å². The Morgan fingerprint density at radius 1 is 1.33 bits per heavy atom. The topological polar surface area (TPSA) is 43.8 Å². The number of nitrogens with zero attached hydrogens (tertiary/aromatic N) is 2. The Hall–Kier alpha value is -1.32. The molecule has 0 aliphatic heterocycles. The first kappa shape index (κ1) is 13.1. The van der Waals surface area contributed by atoms with Crippen LogP contribution in [0.1, 0.15) is 31.1 Å². The Bertz CT molecular complexity index is 558. The fraction of sp³-hybridized carbons (Fsp3) is 0.357. The SMILES string of the molecule is Cc1nn(C(C)C)cc1-c1ccc(CN)cc1Cl. The second-order valence-electron chi connectivity index (χ2n) is 4.72. The highest BCUT2D eigenvalue weighted by Crippen LogP contribution is 2.31. The molecule has 0 bridgehead atoms. The van der Waals surface area contributed by atoms with Crippen LogP contribution in [0.25, 0.3) is 11.1 Å². The molecule has 2 N–H and O–H groups in total. The van der Waals surface area contributed by atoms with Crippen LogP contribution < -0.4 is 5.73 Å². The number of aryl methyl sites for hydroxylation is 1. The Labute approximate surface area is 113 Å². The first-order chi connectivity index (χ1) is 8.52. The molecule has 0 radical (unpaired) electrons. The molecule has 0 aliphatic carbocycles. The summed E-state index contributed by atoms with van der Waals surface area (Å²) in [6.45, 7) is 6.72. The van der Waals surface area contributed by atoms with Gasteiger partial charge in [0, 0.05) is 34.9 Å². The molecule has 4 heteroatoms. The minimum atomic E-state index is 0.347. The minimum Gasteiger partial charge on any atom is -0.326 e. The van der Waals surface area contributed by atoms with Crippen LogP contribution in [0.3, 0.4) is 0 Å². The van der Waals surface area contributed by atoms with Crippen molar-refractivity contribution >= 4 is 11.6 Å². The van der Waals surface area contributed by atoms with E-state index in [-0.39, 0.29) is 0 Å². The van der Waals surface area contributed by atoms with Gasteiger partial charge in [-0.15, -0.1) is 0 Å². The van der Waals surface area contributed by atoms with E-state index in [0.717, 1.165) is 27.4 Å². The van der Waals surface area contributed by atoms with Crippen LogP contribution in [0.2, 0.25) is 5.02 Å². The second kappa shape index (κ2) is 5.12. The average Bonchev–Trinajstić information content (AvgIpc) is 2.71. The second-order valence-corrected chi connectivity index (χ2v) is 5.13. The van der Waals surface area contributed by atoms with Crippen LogP contribution >= 0.6 is 11.6 Å². The van der Waals surface area contributed by atoms with Gasteiger partial charge in [-0.1, -0.05) is 23.7 Å². The summed E-state index contributed by atoms with van der Waals surface area (Å²) >= 11 is 6.31. The summed E-state index contributed by atoms with van der Waals surface area (Å²) in [7, 11) is 0. The van der Waals surface area contributed by atoms with Gasteiger partial charge in [0.05, 0.1) is 5.69 Å². The van der Waals surface area contributed by atoms with Gasteiger partial charge in [-0.05, 0) is 32.4 Å². The summed E-state index contributed by atoms with van der Waals surface area (Å²) in [6.07, 6.45) is 2.04. The number of benzene rings is 1. The van der Waals surface area contributed by atoms with Gasteiger partial charge in [0.2, 0.25) is 0 Å². The van der Waals surface area contributed by atoms with Crippen LogP contribution in [0.4, 0.5) is 0 Å². The van der Waals surface area contributed by atoms with E-state index in [9.17, 15) is 0 Å². The molecule has 0 saturated carbocycles. The fourth-order valence-electron chi connectivity index (χ4n) is 1.91. The van der Waals surface area contributed by atoms with E-state index >= 15 is 0 Å². The van der Waals surface area contributed by atoms with Gasteiger partial charge < -0.3 is 5.73 Å². The van der Waals surface area contributed by atoms with E-state index in [1.54, 1.807) is 0 Å². The first-order valence-electron chi connectivity index (χ1n) is 6.07. The lowest BCUT2D eigenvalue weighted by Gasteiger charge is -2.05. The highest BCUT2D eigenvalue weighted by molar-refractivity contribution is 6.33. The number of halogens is 1. The smallest absolute Gasteiger partial charge is 0.0672 e. The van der Waals surface area contributed by atoms with E-state index in [4.69, 9.17) is 17.3 Å². The van der Waals surface area contributed by atoms with Gasteiger partial charge in [0.25, 0.3) is 0 Å². The zero-order valence-corrected chi connectivity index (χ0v) is 11.7. The predicted octanol–water partition coefficient (Wildman–Crippen LogP) is 3.55. The third-order valence-corrected chi connectivity index (χ3v) is 3.32. The highest BCUT2D eigenvalue weighted by atomic mass is 35.5. The van der Waals surface area contributed by atoms with Gasteiger partial charge in [0.15, 0.2) is 0 Å². The number of hydrogen-bond acceptors (Lipinski definition) is 2. The predicted molar refractivity (Wildman–Crippen MR) is 75.7 cm³/mol. The Morgan fingerprint density at radius 2 is 2.06 bits per heavy atom. The Balaban J connectivity index is 2.48. The third-order valence-electron chi connectivity index (χ3n) is 3.01. The third kappa shape index (κ3) is 2.42. The van der Waals surface area contributed by atoms with E-state index in [1.807, 2.05) is 36.0 Å². The largest absolute Gasteiger partial charge is 0.326 e. The zero-order chi connectivity index (χ0) is 13.3. The molecule has 0 unspecified atom stereocenters. The summed E-state index contributed by atoms with van der Waals surface area (Å²) in [6, 6.07) is 6.29. The lowest BCUT2D eigenvalue weighted by Crippen LogP contribution is -2.00. The molecule has 0 atom stereocenters. The highest BCUT2D eigenvalue weighted by Gasteiger charge is 2.12. The molecule has 2 rings (SSSR count). The number of rotatable bonds is 3. The standard InChI is InChI=1S/C14H18ClN3/c1-9(2)18-8-13(10(3)17-18)12-5-4-11(7-16)6-14(12)15/h4-6,8-9H,7,16H2,1-3H3. The lowest BCUT2D eigenvalue weighted by molar-refractivity contribution is 0.529. The van der Waals surface area contributed by atoms with Crippen LogP contribution in [0, 0.1) is 6.92 Å². The maximum atomic E-state index is 6.31. The molecule has 0 amide bonds. The van der Waals surface area contributed by atoms with Crippen molar-refractivity contribution in [2.24, 2.45) is 5.73 Å². The zero-order valence-electron chi connectivity index (χ0n) is 10.9. The van der Waals surface area contributed by atoms with E-state index in [1.165, 1.54) is 0 Å². The summed E-state index contributed by atoms with van der Waals surface area (Å²) < 4.78 is 1.96. The lowest BCUT2D eigenvalue weighted by atomic mass is 10.0. The molecular formula is C14H18ClN3. The summed E-state index contributed by atoms with van der Waals surface area (Å²) in [5.41, 5.74) is 9.73. The molecule has 3 nitrogen and oxygen atoms in total. The Kier molecular flexibility index (Phi) is 3.73. The first-order valence-corrected chi connectivity index (χ1v) is 6.45. The van der Waals surface area contributed by atoms with E-state index in [0.29, 0.717) is 12.6 Å². The maximum Gasteiger partial charge on any atom is 0.0672 e. The molecule has 1 heterocycles. The quantitative estimate of drug-likeness (QED) is 0.920. The summed E-state index contributed by atoms with van der Waals surface area (Å²) in [4.78, 5) is 0. The van der Waals surface area contributed by atoms with Crippen molar-refractivity contribution in [3.05, 3.63) is 40.7 Å². The molecule has 1 aromatic carbocycles. The van der Waals surface area contributed by atoms with Gasteiger partial charge in [-0.25, -0.2) is 0 Å². The van der Waals surface area contributed by atoms with Crippen molar-refractivity contribution in [2.45, 2.75) is 33.4 Å². The number of aromatic nitrogens is 2. The molecule has 0 spiro atoms. The van der Waals surface area contributed by atoms with Crippen LogP contribution in [0.5, 0.6) is 0 Å². The molecule has 0 saturated heterocycles. The van der Waals surface area contributed by atoms with Gasteiger partial charge in [-0.2, -0.15) is 5.10 Å². The molecule has 18 heavy (non-hydrogen) atoms. The normalized spacial score (nSPS) is 11.2. The molecule has 0 fully saturated rings. The van der Waals surface area contributed by atoms with Crippen molar-refractivity contribution in [2.75, 3.05) is 0 Å².